The Morgan fingerprint density at radius 1 is 1.22 bits per heavy atom. The molecular weight excluding hydrogens is 348 g/mol. The van der Waals surface area contributed by atoms with Gasteiger partial charge in [-0.2, -0.15) is 11.8 Å². The molecule has 0 saturated carbocycles. The molecule has 1 aliphatic heterocycles. The third-order valence-corrected chi connectivity index (χ3v) is 6.70. The number of nitrogens with one attached hydrogen (secondary N) is 1. The van der Waals surface area contributed by atoms with E-state index in [1.54, 1.807) is 0 Å². The third-order valence-electron chi connectivity index (χ3n) is 4.11. The fourth-order valence-electron chi connectivity index (χ4n) is 2.95. The van der Waals surface area contributed by atoms with Crippen LogP contribution in [0.1, 0.15) is 30.3 Å². The van der Waals surface area contributed by atoms with Gasteiger partial charge in [0, 0.05) is 21.5 Å². The Morgan fingerprint density at radius 3 is 2.87 bits per heavy atom. The van der Waals surface area contributed by atoms with Crippen molar-refractivity contribution < 1.29 is 0 Å². The monoisotopic (exact) mass is 362 g/mol. The molecule has 0 spiro atoms. The number of fused-ring (bicyclic) bond motifs is 1. The molecule has 0 aliphatic carbocycles. The van der Waals surface area contributed by atoms with E-state index in [9.17, 15) is 4.79 Å². The van der Waals surface area contributed by atoms with Crippen molar-refractivity contribution in [2.24, 2.45) is 0 Å². The lowest BCUT2D eigenvalue weighted by Gasteiger charge is -2.20. The van der Waals surface area contributed by atoms with Crippen LogP contribution >= 0.6 is 34.7 Å². The van der Waals surface area contributed by atoms with Crippen LogP contribution in [0.3, 0.4) is 0 Å². The number of benzene rings is 1. The average Bonchev–Trinajstić information content (AvgIpc) is 3.00. The van der Waals surface area contributed by atoms with E-state index in [-0.39, 0.29) is 5.56 Å². The molecule has 3 heterocycles. The lowest BCUT2D eigenvalue weighted by Crippen LogP contribution is -2.15. The number of halogens is 1. The number of hydrogen-bond acceptors (Lipinski definition) is 4. The van der Waals surface area contributed by atoms with Crippen LogP contribution in [0.5, 0.6) is 0 Å². The molecule has 1 saturated heterocycles. The second-order valence-corrected chi connectivity index (χ2v) is 8.19. The fraction of sp³-hybridized carbons (Fsp3) is 0.294. The van der Waals surface area contributed by atoms with Crippen LogP contribution in [-0.2, 0) is 0 Å². The topological polar surface area (TPSA) is 45.8 Å². The van der Waals surface area contributed by atoms with Crippen LogP contribution in [0.25, 0.3) is 21.3 Å². The van der Waals surface area contributed by atoms with Crippen LogP contribution < -0.4 is 5.56 Å². The molecule has 3 nitrogen and oxygen atoms in total. The number of aromatic amines is 1. The number of thioether (sulfide) groups is 1. The van der Waals surface area contributed by atoms with Gasteiger partial charge in [-0.3, -0.25) is 4.79 Å². The average molecular weight is 363 g/mol. The third kappa shape index (κ3) is 2.82. The lowest BCUT2D eigenvalue weighted by atomic mass is 10.1. The van der Waals surface area contributed by atoms with Crippen molar-refractivity contribution in [2.75, 3.05) is 5.75 Å². The van der Waals surface area contributed by atoms with Crippen molar-refractivity contribution in [3.05, 3.63) is 50.8 Å². The highest BCUT2D eigenvalue weighted by Gasteiger charge is 2.21. The summed E-state index contributed by atoms with van der Waals surface area (Å²) in [4.78, 5) is 21.2. The van der Waals surface area contributed by atoms with Crippen molar-refractivity contribution >= 4 is 44.9 Å². The van der Waals surface area contributed by atoms with Gasteiger partial charge in [0.25, 0.3) is 5.56 Å². The minimum atomic E-state index is -0.0626. The first-order valence-electron chi connectivity index (χ1n) is 7.62. The van der Waals surface area contributed by atoms with Gasteiger partial charge in [-0.15, -0.1) is 11.3 Å². The molecule has 2 aromatic heterocycles. The molecule has 23 heavy (non-hydrogen) atoms. The van der Waals surface area contributed by atoms with Crippen molar-refractivity contribution in [1.82, 2.24) is 9.97 Å². The number of H-pyrrole nitrogens is 1. The summed E-state index contributed by atoms with van der Waals surface area (Å²) in [6, 6.07) is 7.60. The van der Waals surface area contributed by atoms with Crippen molar-refractivity contribution in [3.63, 3.8) is 0 Å². The highest BCUT2D eigenvalue weighted by Crippen LogP contribution is 2.38. The van der Waals surface area contributed by atoms with E-state index in [0.717, 1.165) is 34.0 Å². The predicted octanol–water partition coefficient (Wildman–Crippen LogP) is 5.26. The summed E-state index contributed by atoms with van der Waals surface area (Å²) >= 11 is 9.69. The number of hydrogen-bond donors (Lipinski definition) is 1. The van der Waals surface area contributed by atoms with E-state index >= 15 is 0 Å². The number of thiophene rings is 1. The standard InChI is InChI=1S/C17H15ClN2OS2/c18-12-6-2-1-5-10(12)11-9-23-17-14(11)16(21)19-15(20-17)13-7-3-4-8-22-13/h1-2,5-6,9,13H,3-4,7-8H2,(H,19,20,21). The van der Waals surface area contributed by atoms with Gasteiger partial charge in [0.1, 0.15) is 10.7 Å². The van der Waals surface area contributed by atoms with E-state index < -0.39 is 0 Å². The molecule has 3 aromatic rings. The Labute approximate surface area is 147 Å². The zero-order chi connectivity index (χ0) is 15.8. The zero-order valence-electron chi connectivity index (χ0n) is 12.3. The maximum absolute atomic E-state index is 12.7. The Balaban J connectivity index is 1.84. The molecule has 1 N–H and O–H groups in total. The molecule has 1 aromatic carbocycles. The first-order valence-corrected chi connectivity index (χ1v) is 9.92. The van der Waals surface area contributed by atoms with Crippen LogP contribution in [0.4, 0.5) is 0 Å². The van der Waals surface area contributed by atoms with E-state index in [0.29, 0.717) is 15.7 Å². The zero-order valence-corrected chi connectivity index (χ0v) is 14.7. The Bertz CT molecular complexity index is 912. The van der Waals surface area contributed by atoms with E-state index in [2.05, 4.69) is 4.98 Å². The van der Waals surface area contributed by atoms with Crippen molar-refractivity contribution in [2.45, 2.75) is 24.5 Å². The number of rotatable bonds is 2. The predicted molar refractivity (Wildman–Crippen MR) is 99.7 cm³/mol. The largest absolute Gasteiger partial charge is 0.309 e. The van der Waals surface area contributed by atoms with E-state index in [1.165, 1.54) is 24.2 Å². The first-order chi connectivity index (χ1) is 11.2. The Kier molecular flexibility index (Phi) is 4.18. The first kappa shape index (κ1) is 15.2. The molecule has 0 amide bonds. The van der Waals surface area contributed by atoms with E-state index in [4.69, 9.17) is 16.6 Å². The van der Waals surface area contributed by atoms with Gasteiger partial charge in [0.15, 0.2) is 0 Å². The molecule has 1 aliphatic rings. The molecular formula is C17H15ClN2OS2. The summed E-state index contributed by atoms with van der Waals surface area (Å²) in [5.41, 5.74) is 1.69. The molecule has 1 atom stereocenters. The van der Waals surface area contributed by atoms with Crippen LogP contribution in [0.2, 0.25) is 5.02 Å². The van der Waals surface area contributed by atoms with Gasteiger partial charge in [0.05, 0.1) is 10.6 Å². The summed E-state index contributed by atoms with van der Waals surface area (Å²) in [5.74, 6) is 1.96. The highest BCUT2D eigenvalue weighted by atomic mass is 35.5. The van der Waals surface area contributed by atoms with Crippen LogP contribution in [0.15, 0.2) is 34.4 Å². The smallest absolute Gasteiger partial charge is 0.260 e. The van der Waals surface area contributed by atoms with Gasteiger partial charge in [-0.1, -0.05) is 36.2 Å². The summed E-state index contributed by atoms with van der Waals surface area (Å²) in [6.07, 6.45) is 3.54. The molecule has 6 heteroatoms. The molecule has 0 bridgehead atoms. The SMILES string of the molecule is O=c1[nH]c(C2CCCCS2)nc2scc(-c3ccccc3Cl)c12. The molecule has 0 radical (unpaired) electrons. The molecule has 118 valence electrons. The summed E-state index contributed by atoms with van der Waals surface area (Å²) in [6.45, 7) is 0. The number of aromatic nitrogens is 2. The lowest BCUT2D eigenvalue weighted by molar-refractivity contribution is 0.663. The minimum absolute atomic E-state index is 0.0626. The van der Waals surface area contributed by atoms with Gasteiger partial charge < -0.3 is 4.98 Å². The second-order valence-electron chi connectivity index (χ2n) is 5.62. The minimum Gasteiger partial charge on any atom is -0.309 e. The summed E-state index contributed by atoms with van der Waals surface area (Å²) in [7, 11) is 0. The van der Waals surface area contributed by atoms with Gasteiger partial charge >= 0.3 is 0 Å². The van der Waals surface area contributed by atoms with Crippen LogP contribution in [0, 0.1) is 0 Å². The number of nitrogens with zero attached hydrogens (tertiary/aromatic N) is 1. The maximum atomic E-state index is 12.7. The van der Waals surface area contributed by atoms with Crippen molar-refractivity contribution in [1.29, 1.82) is 0 Å². The summed E-state index contributed by atoms with van der Waals surface area (Å²) in [5, 5.41) is 3.59. The van der Waals surface area contributed by atoms with Gasteiger partial charge in [-0.25, -0.2) is 4.98 Å². The highest BCUT2D eigenvalue weighted by molar-refractivity contribution is 7.99. The molecule has 1 fully saturated rings. The second kappa shape index (κ2) is 6.30. The van der Waals surface area contributed by atoms with Gasteiger partial charge in [-0.05, 0) is 24.7 Å². The van der Waals surface area contributed by atoms with E-state index in [1.807, 2.05) is 41.4 Å². The summed E-state index contributed by atoms with van der Waals surface area (Å²) < 4.78 is 0. The van der Waals surface area contributed by atoms with Crippen molar-refractivity contribution in [3.8, 4) is 11.1 Å². The molecule has 1 unspecified atom stereocenters. The van der Waals surface area contributed by atoms with Crippen LogP contribution in [-0.4, -0.2) is 15.7 Å². The Morgan fingerprint density at radius 2 is 2.09 bits per heavy atom. The molecule has 4 rings (SSSR count). The Hall–Kier alpha value is -1.30. The fourth-order valence-corrected chi connectivity index (χ4v) is 5.39. The van der Waals surface area contributed by atoms with Gasteiger partial charge in [0.2, 0.25) is 0 Å². The normalized spacial score (nSPS) is 18.4. The quantitative estimate of drug-likeness (QED) is 0.676. The maximum Gasteiger partial charge on any atom is 0.260 e.